The maximum absolute atomic E-state index is 4.46. The number of nitrogens with zero attached hydrogens (tertiary/aromatic N) is 1. The smallest absolute Gasteiger partial charge is 0.0467 e. The normalized spacial score (nSPS) is 15.7. The molecule has 0 heterocycles. The molecular weight excluding hydrogens is 134 g/mol. The van der Waals surface area contributed by atoms with Crippen molar-refractivity contribution in [3.8, 4) is 0 Å². The second kappa shape index (κ2) is 4.53. The average molecular weight is 155 g/mol. The maximum atomic E-state index is 4.46. The first-order valence-electron chi connectivity index (χ1n) is 4.50. The molecule has 0 N–H and O–H groups in total. The minimum Gasteiger partial charge on any atom is -0.294 e. The molecule has 0 fully saturated rings. The summed E-state index contributed by atoms with van der Waals surface area (Å²) in [6.07, 6.45) is 4.49. The van der Waals surface area contributed by atoms with Gasteiger partial charge in [0.15, 0.2) is 0 Å². The highest BCUT2D eigenvalue weighted by Crippen LogP contribution is 2.10. The summed E-state index contributed by atoms with van der Waals surface area (Å²) >= 11 is 0. The Balaban J connectivity index is 3.73. The fraction of sp³-hybridized carbons (Fsp3) is 0.900. The van der Waals surface area contributed by atoms with Crippen LogP contribution in [-0.4, -0.2) is 12.3 Å². The molecule has 1 unspecified atom stereocenters. The molecule has 0 spiro atoms. The second-order valence-electron chi connectivity index (χ2n) is 4.28. The highest BCUT2D eigenvalue weighted by Gasteiger charge is 2.05. The van der Waals surface area contributed by atoms with Crippen molar-refractivity contribution in [3.63, 3.8) is 0 Å². The van der Waals surface area contributed by atoms with Crippen LogP contribution in [0.1, 0.15) is 47.5 Å². The van der Waals surface area contributed by atoms with Crippen LogP contribution >= 0.6 is 0 Å². The number of rotatable bonds is 3. The van der Waals surface area contributed by atoms with Gasteiger partial charge >= 0.3 is 0 Å². The van der Waals surface area contributed by atoms with Gasteiger partial charge in [-0.3, -0.25) is 4.99 Å². The summed E-state index contributed by atoms with van der Waals surface area (Å²) in [5.74, 6) is 0. The monoisotopic (exact) mass is 155 g/mol. The molecule has 0 aliphatic carbocycles. The molecule has 0 aromatic heterocycles. The van der Waals surface area contributed by atoms with Gasteiger partial charge in [-0.2, -0.15) is 0 Å². The fourth-order valence-electron chi connectivity index (χ4n) is 0.843. The molecule has 0 amide bonds. The molecule has 0 aromatic carbocycles. The van der Waals surface area contributed by atoms with Crippen LogP contribution in [-0.2, 0) is 0 Å². The van der Waals surface area contributed by atoms with Crippen LogP contribution < -0.4 is 0 Å². The van der Waals surface area contributed by atoms with E-state index in [9.17, 15) is 0 Å². The van der Waals surface area contributed by atoms with Crippen molar-refractivity contribution in [2.45, 2.75) is 53.5 Å². The van der Waals surface area contributed by atoms with E-state index in [0.29, 0.717) is 6.04 Å². The van der Waals surface area contributed by atoms with Crippen molar-refractivity contribution in [3.05, 3.63) is 0 Å². The Morgan fingerprint density at radius 2 is 1.91 bits per heavy atom. The molecule has 0 rings (SSSR count). The highest BCUT2D eigenvalue weighted by molar-refractivity contribution is 5.64. The average Bonchev–Trinajstić information content (AvgIpc) is 1.83. The zero-order chi connectivity index (χ0) is 8.91. The minimum absolute atomic E-state index is 0.238. The van der Waals surface area contributed by atoms with Gasteiger partial charge in [0.2, 0.25) is 0 Å². The first-order chi connectivity index (χ1) is 4.95. The highest BCUT2D eigenvalue weighted by atomic mass is 14.8. The van der Waals surface area contributed by atoms with Crippen molar-refractivity contribution in [1.82, 2.24) is 0 Å². The molecule has 1 heteroatoms. The summed E-state index contributed by atoms with van der Waals surface area (Å²) in [4.78, 5) is 4.46. The maximum Gasteiger partial charge on any atom is 0.0467 e. The van der Waals surface area contributed by atoms with E-state index in [-0.39, 0.29) is 5.41 Å². The van der Waals surface area contributed by atoms with E-state index >= 15 is 0 Å². The van der Waals surface area contributed by atoms with Crippen LogP contribution in [0.15, 0.2) is 4.99 Å². The lowest BCUT2D eigenvalue weighted by Crippen LogP contribution is -2.09. The second-order valence-corrected chi connectivity index (χ2v) is 4.28. The lowest BCUT2D eigenvalue weighted by molar-refractivity contribution is 0.587. The number of aliphatic imine (C=N–C) groups is 1. The van der Waals surface area contributed by atoms with E-state index in [2.05, 4.69) is 45.8 Å². The van der Waals surface area contributed by atoms with E-state index in [4.69, 9.17) is 0 Å². The van der Waals surface area contributed by atoms with Gasteiger partial charge in [-0.15, -0.1) is 0 Å². The van der Waals surface area contributed by atoms with Gasteiger partial charge in [0.1, 0.15) is 0 Å². The quantitative estimate of drug-likeness (QED) is 0.554. The van der Waals surface area contributed by atoms with Gasteiger partial charge in [-0.1, -0.05) is 34.1 Å². The Morgan fingerprint density at radius 3 is 2.27 bits per heavy atom. The van der Waals surface area contributed by atoms with E-state index < -0.39 is 0 Å². The van der Waals surface area contributed by atoms with Crippen LogP contribution in [0.2, 0.25) is 0 Å². The molecule has 0 radical (unpaired) electrons. The van der Waals surface area contributed by atoms with Crippen molar-refractivity contribution in [2.75, 3.05) is 0 Å². The standard InChI is InChI=1S/C10H21N/c1-6-7-9(2)11-8-10(3,4)5/h8-9H,6-7H2,1-5H3/b11-8-. The summed E-state index contributed by atoms with van der Waals surface area (Å²) in [5.41, 5.74) is 0.238. The first-order valence-corrected chi connectivity index (χ1v) is 4.50. The predicted octanol–water partition coefficient (Wildman–Crippen LogP) is 3.29. The SMILES string of the molecule is CCCC(C)/N=C\C(C)(C)C. The molecule has 0 aliphatic rings. The van der Waals surface area contributed by atoms with E-state index in [1.54, 1.807) is 0 Å². The third kappa shape index (κ3) is 7.57. The molecule has 11 heavy (non-hydrogen) atoms. The molecular formula is C10H21N. The van der Waals surface area contributed by atoms with E-state index in [1.807, 2.05) is 0 Å². The van der Waals surface area contributed by atoms with Crippen LogP contribution in [0.5, 0.6) is 0 Å². The van der Waals surface area contributed by atoms with Crippen molar-refractivity contribution in [1.29, 1.82) is 0 Å². The largest absolute Gasteiger partial charge is 0.294 e. The predicted molar refractivity (Wildman–Crippen MR) is 52.3 cm³/mol. The van der Waals surface area contributed by atoms with Crippen LogP contribution in [0.3, 0.4) is 0 Å². The van der Waals surface area contributed by atoms with Gasteiger partial charge in [-0.25, -0.2) is 0 Å². The van der Waals surface area contributed by atoms with E-state index in [1.165, 1.54) is 12.8 Å². The van der Waals surface area contributed by atoms with Gasteiger partial charge in [0.05, 0.1) is 0 Å². The molecule has 1 atom stereocenters. The van der Waals surface area contributed by atoms with Crippen molar-refractivity contribution >= 4 is 6.21 Å². The third-order valence-electron chi connectivity index (χ3n) is 1.42. The summed E-state index contributed by atoms with van der Waals surface area (Å²) in [6, 6.07) is 0.499. The Morgan fingerprint density at radius 1 is 1.36 bits per heavy atom. The zero-order valence-corrected chi connectivity index (χ0v) is 8.52. The summed E-state index contributed by atoms with van der Waals surface area (Å²) in [7, 11) is 0. The fourth-order valence-corrected chi connectivity index (χ4v) is 0.843. The molecule has 1 nitrogen and oxygen atoms in total. The van der Waals surface area contributed by atoms with Gasteiger partial charge in [0.25, 0.3) is 0 Å². The Kier molecular flexibility index (Phi) is 4.39. The molecule has 0 aliphatic heterocycles. The Bertz CT molecular complexity index is 119. The van der Waals surface area contributed by atoms with Crippen LogP contribution in [0.25, 0.3) is 0 Å². The Labute approximate surface area is 70.9 Å². The summed E-state index contributed by atoms with van der Waals surface area (Å²) < 4.78 is 0. The lowest BCUT2D eigenvalue weighted by Gasteiger charge is -2.12. The lowest BCUT2D eigenvalue weighted by atomic mass is 9.99. The van der Waals surface area contributed by atoms with Crippen molar-refractivity contribution < 1.29 is 0 Å². The van der Waals surface area contributed by atoms with E-state index in [0.717, 1.165) is 0 Å². The first kappa shape index (κ1) is 10.7. The number of hydrogen-bond acceptors (Lipinski definition) is 1. The number of hydrogen-bond donors (Lipinski definition) is 0. The molecule has 0 aromatic rings. The molecule has 0 saturated carbocycles. The van der Waals surface area contributed by atoms with Gasteiger partial charge in [-0.05, 0) is 18.8 Å². The molecule has 0 bridgehead atoms. The van der Waals surface area contributed by atoms with Crippen LogP contribution in [0, 0.1) is 5.41 Å². The Hall–Kier alpha value is -0.330. The van der Waals surface area contributed by atoms with Gasteiger partial charge < -0.3 is 0 Å². The minimum atomic E-state index is 0.238. The zero-order valence-electron chi connectivity index (χ0n) is 8.52. The van der Waals surface area contributed by atoms with Gasteiger partial charge in [0, 0.05) is 12.3 Å². The molecule has 0 saturated heterocycles. The summed E-state index contributed by atoms with van der Waals surface area (Å²) in [5, 5.41) is 0. The third-order valence-corrected chi connectivity index (χ3v) is 1.42. The molecule has 66 valence electrons. The van der Waals surface area contributed by atoms with Crippen LogP contribution in [0.4, 0.5) is 0 Å². The van der Waals surface area contributed by atoms with Crippen molar-refractivity contribution in [2.24, 2.45) is 10.4 Å². The topological polar surface area (TPSA) is 12.4 Å². The summed E-state index contributed by atoms with van der Waals surface area (Å²) in [6.45, 7) is 10.9.